The number of nitro benzene ring substituents is 1. The van der Waals surface area contributed by atoms with Crippen LogP contribution in [-0.2, 0) is 14.3 Å². The van der Waals surface area contributed by atoms with E-state index >= 15 is 0 Å². The maximum Gasteiger partial charge on any atom is 0.329 e. The summed E-state index contributed by atoms with van der Waals surface area (Å²) in [7, 11) is 0. The van der Waals surface area contributed by atoms with Crippen LogP contribution < -0.4 is 10.2 Å². The predicted octanol–water partition coefficient (Wildman–Crippen LogP) is 3.59. The summed E-state index contributed by atoms with van der Waals surface area (Å²) < 4.78 is 5.20. The standard InChI is InChI=1S/C23H23ClN4O6S/c1-35-13-10-20(26-22(30)18-14-17(28(32)33)8-9-19(18)24)23(31)34-15-21(29)27(12-5-11-25)16-6-3-2-4-7-16/h2-4,6-9,14,20H,5,10,12-13,15H2,1H3,(H,26,30). The van der Waals surface area contributed by atoms with Gasteiger partial charge in [0.15, 0.2) is 6.61 Å². The summed E-state index contributed by atoms with van der Waals surface area (Å²) in [5.74, 6) is -1.66. The van der Waals surface area contributed by atoms with E-state index in [1.807, 2.05) is 12.3 Å². The van der Waals surface area contributed by atoms with Crippen molar-refractivity contribution in [2.75, 3.05) is 30.1 Å². The van der Waals surface area contributed by atoms with Gasteiger partial charge in [0, 0.05) is 24.4 Å². The van der Waals surface area contributed by atoms with Crippen LogP contribution in [-0.4, -0.2) is 53.9 Å². The van der Waals surface area contributed by atoms with Crippen LogP contribution in [0, 0.1) is 21.4 Å². The second-order valence-corrected chi connectivity index (χ2v) is 8.52. The number of nitro groups is 1. The topological polar surface area (TPSA) is 143 Å². The highest BCUT2D eigenvalue weighted by atomic mass is 35.5. The number of anilines is 1. The van der Waals surface area contributed by atoms with Gasteiger partial charge in [0.1, 0.15) is 6.04 Å². The molecule has 2 aromatic rings. The van der Waals surface area contributed by atoms with Gasteiger partial charge in [0.2, 0.25) is 0 Å². The summed E-state index contributed by atoms with van der Waals surface area (Å²) >= 11 is 7.46. The van der Waals surface area contributed by atoms with Crippen LogP contribution in [0.3, 0.4) is 0 Å². The van der Waals surface area contributed by atoms with Crippen LogP contribution in [0.15, 0.2) is 48.5 Å². The Balaban J connectivity index is 2.11. The van der Waals surface area contributed by atoms with Gasteiger partial charge in [-0.1, -0.05) is 29.8 Å². The second-order valence-electron chi connectivity index (χ2n) is 7.13. The molecule has 1 unspecified atom stereocenters. The van der Waals surface area contributed by atoms with Gasteiger partial charge in [-0.15, -0.1) is 0 Å². The van der Waals surface area contributed by atoms with E-state index in [0.29, 0.717) is 11.4 Å². The van der Waals surface area contributed by atoms with Crippen molar-refractivity contribution in [3.8, 4) is 6.07 Å². The number of nitrogens with one attached hydrogen (secondary N) is 1. The Kier molecular flexibility index (Phi) is 11.0. The second kappa shape index (κ2) is 13.9. The van der Waals surface area contributed by atoms with Gasteiger partial charge in [-0.2, -0.15) is 17.0 Å². The molecule has 0 aromatic heterocycles. The Labute approximate surface area is 211 Å². The van der Waals surface area contributed by atoms with Crippen molar-refractivity contribution in [1.82, 2.24) is 5.32 Å². The molecule has 1 atom stereocenters. The maximum atomic E-state index is 12.7. The largest absolute Gasteiger partial charge is 0.454 e. The summed E-state index contributed by atoms with van der Waals surface area (Å²) in [4.78, 5) is 49.9. The number of benzene rings is 2. The molecule has 0 saturated carbocycles. The molecule has 1 N–H and O–H groups in total. The lowest BCUT2D eigenvalue weighted by Gasteiger charge is -2.23. The van der Waals surface area contributed by atoms with Crippen molar-refractivity contribution in [1.29, 1.82) is 5.26 Å². The molecule has 0 spiro atoms. The molecule has 0 aliphatic carbocycles. The third kappa shape index (κ3) is 8.27. The quantitative estimate of drug-likeness (QED) is 0.255. The first kappa shape index (κ1) is 27.6. The number of non-ortho nitro benzene ring substituents is 1. The van der Waals surface area contributed by atoms with Crippen LogP contribution >= 0.6 is 23.4 Å². The minimum atomic E-state index is -1.11. The molecule has 0 fully saturated rings. The average molecular weight is 519 g/mol. The van der Waals surface area contributed by atoms with Crippen molar-refractivity contribution in [2.24, 2.45) is 0 Å². The van der Waals surface area contributed by atoms with E-state index in [-0.39, 0.29) is 35.7 Å². The first-order valence-electron chi connectivity index (χ1n) is 10.4. The highest BCUT2D eigenvalue weighted by Crippen LogP contribution is 2.22. The molecule has 10 nitrogen and oxygen atoms in total. The zero-order chi connectivity index (χ0) is 25.8. The van der Waals surface area contributed by atoms with E-state index in [4.69, 9.17) is 21.6 Å². The average Bonchev–Trinajstić information content (AvgIpc) is 2.85. The first-order chi connectivity index (χ1) is 16.8. The van der Waals surface area contributed by atoms with Crippen LogP contribution in [0.25, 0.3) is 0 Å². The smallest absolute Gasteiger partial charge is 0.329 e. The summed E-state index contributed by atoms with van der Waals surface area (Å²) in [5, 5.41) is 22.4. The van der Waals surface area contributed by atoms with Crippen LogP contribution in [0.1, 0.15) is 23.2 Å². The first-order valence-corrected chi connectivity index (χ1v) is 12.2. The highest BCUT2D eigenvalue weighted by molar-refractivity contribution is 7.98. The fourth-order valence-corrected chi connectivity index (χ4v) is 3.68. The molecule has 0 aliphatic heterocycles. The van der Waals surface area contributed by atoms with E-state index in [1.54, 1.807) is 30.3 Å². The number of amides is 2. The molecule has 184 valence electrons. The van der Waals surface area contributed by atoms with Gasteiger partial charge in [0.25, 0.3) is 17.5 Å². The van der Waals surface area contributed by atoms with Gasteiger partial charge < -0.3 is 15.0 Å². The Bertz CT molecular complexity index is 1110. The van der Waals surface area contributed by atoms with Crippen LogP contribution in [0.5, 0.6) is 0 Å². The van der Waals surface area contributed by atoms with Crippen LogP contribution in [0.4, 0.5) is 11.4 Å². The summed E-state index contributed by atoms with van der Waals surface area (Å²) in [6, 6.07) is 12.9. The van der Waals surface area contributed by atoms with E-state index in [0.717, 1.165) is 12.1 Å². The summed E-state index contributed by atoms with van der Waals surface area (Å²) in [6.07, 6.45) is 2.10. The molecule has 0 saturated heterocycles. The minimum absolute atomic E-state index is 0.0174. The fraction of sp³-hybridized carbons (Fsp3) is 0.304. The van der Waals surface area contributed by atoms with Crippen molar-refractivity contribution in [3.05, 3.63) is 69.2 Å². The Hall–Kier alpha value is -3.62. The zero-order valence-corrected chi connectivity index (χ0v) is 20.4. The van der Waals surface area contributed by atoms with Gasteiger partial charge in [-0.3, -0.25) is 19.7 Å². The fourth-order valence-electron chi connectivity index (χ4n) is 3.00. The molecule has 2 amide bonds. The predicted molar refractivity (Wildman–Crippen MR) is 132 cm³/mol. The number of hydrogen-bond donors (Lipinski definition) is 1. The van der Waals surface area contributed by atoms with Gasteiger partial charge in [-0.05, 0) is 36.6 Å². The van der Waals surface area contributed by atoms with Crippen LogP contribution in [0.2, 0.25) is 5.02 Å². The molecule has 2 rings (SSSR count). The number of rotatable bonds is 12. The number of nitrogens with zero attached hydrogens (tertiary/aromatic N) is 3. The lowest BCUT2D eigenvalue weighted by atomic mass is 10.1. The number of hydrogen-bond acceptors (Lipinski definition) is 8. The molecule has 0 aliphatic rings. The maximum absolute atomic E-state index is 12.7. The number of para-hydroxylation sites is 1. The third-order valence-corrected chi connectivity index (χ3v) is 5.73. The number of ether oxygens (including phenoxy) is 1. The monoisotopic (exact) mass is 518 g/mol. The highest BCUT2D eigenvalue weighted by Gasteiger charge is 2.26. The van der Waals surface area contributed by atoms with Crippen molar-refractivity contribution >= 4 is 52.5 Å². The SMILES string of the molecule is CSCCC(NC(=O)c1cc([N+](=O)[O-])ccc1Cl)C(=O)OCC(=O)N(CCC#N)c1ccccc1. The van der Waals surface area contributed by atoms with E-state index in [2.05, 4.69) is 5.32 Å². The van der Waals surface area contributed by atoms with E-state index in [1.165, 1.54) is 22.7 Å². The molecule has 0 heterocycles. The summed E-state index contributed by atoms with van der Waals surface area (Å²) in [6.45, 7) is -0.475. The molecule has 2 aromatic carbocycles. The normalized spacial score (nSPS) is 11.1. The molecule has 35 heavy (non-hydrogen) atoms. The Morgan fingerprint density at radius 2 is 1.97 bits per heavy atom. The molecule has 0 radical (unpaired) electrons. The van der Waals surface area contributed by atoms with E-state index < -0.39 is 35.4 Å². The van der Waals surface area contributed by atoms with Gasteiger partial charge >= 0.3 is 5.97 Å². The number of carbonyl (C=O) groups excluding carboxylic acids is 3. The zero-order valence-electron chi connectivity index (χ0n) is 18.8. The minimum Gasteiger partial charge on any atom is -0.454 e. The number of nitriles is 1. The lowest BCUT2D eigenvalue weighted by molar-refractivity contribution is -0.384. The summed E-state index contributed by atoms with van der Waals surface area (Å²) in [5.41, 5.74) is 0.0637. The lowest BCUT2D eigenvalue weighted by Crippen LogP contribution is -2.44. The molecule has 0 bridgehead atoms. The number of esters is 1. The van der Waals surface area contributed by atoms with Crippen molar-refractivity contribution in [2.45, 2.75) is 18.9 Å². The van der Waals surface area contributed by atoms with Gasteiger partial charge in [0.05, 0.1) is 28.0 Å². The van der Waals surface area contributed by atoms with Crippen molar-refractivity contribution < 1.29 is 24.0 Å². The molecular weight excluding hydrogens is 496 g/mol. The van der Waals surface area contributed by atoms with Crippen molar-refractivity contribution in [3.63, 3.8) is 0 Å². The Morgan fingerprint density at radius 3 is 2.60 bits per heavy atom. The van der Waals surface area contributed by atoms with Gasteiger partial charge in [-0.25, -0.2) is 4.79 Å². The Morgan fingerprint density at radius 1 is 1.26 bits per heavy atom. The van der Waals surface area contributed by atoms with E-state index in [9.17, 15) is 24.5 Å². The molecular formula is C23H23ClN4O6S. The number of carbonyl (C=O) groups is 3. The molecule has 12 heteroatoms. The number of thioether (sulfide) groups is 1. The number of halogens is 1. The third-order valence-electron chi connectivity index (χ3n) is 4.76.